The van der Waals surface area contributed by atoms with Gasteiger partial charge in [0.25, 0.3) is 0 Å². The van der Waals surface area contributed by atoms with Gasteiger partial charge in [-0.3, -0.25) is 0 Å². The quantitative estimate of drug-likeness (QED) is 0.824. The van der Waals surface area contributed by atoms with Gasteiger partial charge in [-0.05, 0) is 29.5 Å². The lowest BCUT2D eigenvalue weighted by molar-refractivity contribution is 0.569. The molecule has 0 aliphatic carbocycles. The number of aryl methyl sites for hydroxylation is 1. The van der Waals surface area contributed by atoms with E-state index < -0.39 is 0 Å². The summed E-state index contributed by atoms with van der Waals surface area (Å²) in [6, 6.07) is 10.4. The second-order valence-corrected chi connectivity index (χ2v) is 4.90. The van der Waals surface area contributed by atoms with Crippen LogP contribution in [0.1, 0.15) is 37.6 Å². The number of hydrogen-bond donors (Lipinski definition) is 0. The van der Waals surface area contributed by atoms with Crippen molar-refractivity contribution < 1.29 is 0 Å². The van der Waals surface area contributed by atoms with Crippen LogP contribution in [0.2, 0.25) is 5.28 Å². The molecule has 4 heteroatoms. The summed E-state index contributed by atoms with van der Waals surface area (Å²) in [7, 11) is 0. The normalized spacial score (nSPS) is 12.6. The average Bonchev–Trinajstić information content (AvgIpc) is 2.73. The third-order valence-electron chi connectivity index (χ3n) is 3.08. The number of rotatable bonds is 5. The maximum absolute atomic E-state index is 6.10. The molecule has 0 radical (unpaired) electrons. The molecule has 0 bridgehead atoms. The first-order chi connectivity index (χ1) is 8.72. The molecule has 0 aliphatic heterocycles. The van der Waals surface area contributed by atoms with Crippen molar-refractivity contribution in [1.29, 1.82) is 0 Å². The zero-order chi connectivity index (χ0) is 13.0. The summed E-state index contributed by atoms with van der Waals surface area (Å²) in [5, 5.41) is 8.58. The number of benzene rings is 1. The Morgan fingerprint density at radius 3 is 2.61 bits per heavy atom. The molecule has 1 aromatic carbocycles. The summed E-state index contributed by atoms with van der Waals surface area (Å²) in [6.07, 6.45) is 1.97. The number of hydrogen-bond acceptors (Lipinski definition) is 2. The van der Waals surface area contributed by atoms with Gasteiger partial charge in [-0.15, -0.1) is 10.2 Å². The number of nitrogens with zero attached hydrogens (tertiary/aromatic N) is 3. The largest absolute Gasteiger partial charge is 0.301 e. The highest BCUT2D eigenvalue weighted by molar-refractivity contribution is 6.28. The van der Waals surface area contributed by atoms with Gasteiger partial charge in [-0.2, -0.15) is 0 Å². The zero-order valence-corrected chi connectivity index (χ0v) is 11.6. The fourth-order valence-electron chi connectivity index (χ4n) is 2.06. The second-order valence-electron chi connectivity index (χ2n) is 4.56. The molecule has 1 aromatic heterocycles. The van der Waals surface area contributed by atoms with E-state index in [0.717, 1.165) is 25.2 Å². The summed E-state index contributed by atoms with van der Waals surface area (Å²) < 4.78 is 2.02. The lowest BCUT2D eigenvalue weighted by Gasteiger charge is -2.14. The second kappa shape index (κ2) is 6.01. The Kier molecular flexibility index (Phi) is 4.37. The van der Waals surface area contributed by atoms with Gasteiger partial charge in [0.05, 0.1) is 0 Å². The third-order valence-corrected chi connectivity index (χ3v) is 3.36. The van der Waals surface area contributed by atoms with Crippen molar-refractivity contribution in [2.24, 2.45) is 0 Å². The van der Waals surface area contributed by atoms with Gasteiger partial charge >= 0.3 is 0 Å². The van der Waals surface area contributed by atoms with E-state index >= 15 is 0 Å². The lowest BCUT2D eigenvalue weighted by atomic mass is 10.0. The van der Waals surface area contributed by atoms with Gasteiger partial charge in [-0.1, -0.05) is 44.2 Å². The van der Waals surface area contributed by atoms with E-state index in [2.05, 4.69) is 48.3 Å². The van der Waals surface area contributed by atoms with Gasteiger partial charge in [0.15, 0.2) is 0 Å². The molecule has 0 amide bonds. The monoisotopic (exact) mass is 263 g/mol. The highest BCUT2D eigenvalue weighted by Crippen LogP contribution is 2.20. The molecule has 0 fully saturated rings. The van der Waals surface area contributed by atoms with Crippen molar-refractivity contribution in [3.8, 4) is 0 Å². The molecule has 96 valence electrons. The van der Waals surface area contributed by atoms with Crippen LogP contribution >= 0.6 is 11.6 Å². The Balaban J connectivity index is 2.16. The standard InChI is InChI=1S/C14H18ClN3/c1-3-7-13-16-17-14(15)18(13)10-11(2)12-8-5-4-6-9-12/h4-6,8-9,11H,3,7,10H2,1-2H3. The summed E-state index contributed by atoms with van der Waals surface area (Å²) in [5.74, 6) is 1.38. The molecule has 0 saturated heterocycles. The summed E-state index contributed by atoms with van der Waals surface area (Å²) >= 11 is 6.10. The topological polar surface area (TPSA) is 30.7 Å². The van der Waals surface area contributed by atoms with E-state index in [9.17, 15) is 0 Å². The Labute approximate surface area is 113 Å². The van der Waals surface area contributed by atoms with Crippen molar-refractivity contribution in [3.05, 3.63) is 47.0 Å². The molecule has 1 heterocycles. The van der Waals surface area contributed by atoms with E-state index in [0.29, 0.717) is 11.2 Å². The van der Waals surface area contributed by atoms with E-state index in [1.54, 1.807) is 0 Å². The van der Waals surface area contributed by atoms with Crippen LogP contribution in [0, 0.1) is 0 Å². The van der Waals surface area contributed by atoms with Crippen molar-refractivity contribution >= 4 is 11.6 Å². The van der Waals surface area contributed by atoms with Crippen LogP contribution < -0.4 is 0 Å². The van der Waals surface area contributed by atoms with Gasteiger partial charge in [0.1, 0.15) is 5.82 Å². The maximum atomic E-state index is 6.10. The first kappa shape index (κ1) is 13.1. The van der Waals surface area contributed by atoms with E-state index in [1.807, 2.05) is 10.6 Å². The van der Waals surface area contributed by atoms with Crippen molar-refractivity contribution in [2.75, 3.05) is 0 Å². The first-order valence-electron chi connectivity index (χ1n) is 6.35. The summed E-state index contributed by atoms with van der Waals surface area (Å²) in [4.78, 5) is 0. The van der Waals surface area contributed by atoms with E-state index in [-0.39, 0.29) is 0 Å². The van der Waals surface area contributed by atoms with Crippen LogP contribution in [0.4, 0.5) is 0 Å². The maximum Gasteiger partial charge on any atom is 0.225 e. The van der Waals surface area contributed by atoms with Crippen molar-refractivity contribution in [3.63, 3.8) is 0 Å². The molecular weight excluding hydrogens is 246 g/mol. The molecule has 3 nitrogen and oxygen atoms in total. The van der Waals surface area contributed by atoms with Crippen LogP contribution in [-0.4, -0.2) is 14.8 Å². The van der Waals surface area contributed by atoms with Crippen molar-refractivity contribution in [1.82, 2.24) is 14.8 Å². The number of aromatic nitrogens is 3. The molecule has 0 N–H and O–H groups in total. The predicted octanol–water partition coefficient (Wildman–Crippen LogP) is 3.69. The fraction of sp³-hybridized carbons (Fsp3) is 0.429. The van der Waals surface area contributed by atoms with Crippen LogP contribution in [0.3, 0.4) is 0 Å². The van der Waals surface area contributed by atoms with Gasteiger partial charge in [0.2, 0.25) is 5.28 Å². The highest BCUT2D eigenvalue weighted by Gasteiger charge is 2.13. The Morgan fingerprint density at radius 1 is 1.22 bits per heavy atom. The molecule has 2 aromatic rings. The molecule has 1 unspecified atom stereocenters. The van der Waals surface area contributed by atoms with Crippen LogP contribution in [0.15, 0.2) is 30.3 Å². The van der Waals surface area contributed by atoms with Crippen molar-refractivity contribution in [2.45, 2.75) is 39.2 Å². The molecular formula is C14H18ClN3. The summed E-state index contributed by atoms with van der Waals surface area (Å²) in [5.41, 5.74) is 1.31. The van der Waals surface area contributed by atoms with Gasteiger partial charge < -0.3 is 4.57 Å². The Morgan fingerprint density at radius 2 is 1.94 bits per heavy atom. The smallest absolute Gasteiger partial charge is 0.225 e. The van der Waals surface area contributed by atoms with Crippen LogP contribution in [0.25, 0.3) is 0 Å². The molecule has 2 rings (SSSR count). The lowest BCUT2D eigenvalue weighted by Crippen LogP contribution is -2.10. The number of halogens is 1. The van der Waals surface area contributed by atoms with Crippen LogP contribution in [-0.2, 0) is 13.0 Å². The Bertz CT molecular complexity index is 493. The zero-order valence-electron chi connectivity index (χ0n) is 10.8. The highest BCUT2D eigenvalue weighted by atomic mass is 35.5. The van der Waals surface area contributed by atoms with Gasteiger partial charge in [-0.25, -0.2) is 0 Å². The SMILES string of the molecule is CCCc1nnc(Cl)n1CC(C)c1ccccc1. The third kappa shape index (κ3) is 2.91. The molecule has 0 saturated carbocycles. The summed E-state index contributed by atoms with van der Waals surface area (Å²) in [6.45, 7) is 5.15. The fourth-order valence-corrected chi connectivity index (χ4v) is 2.27. The predicted molar refractivity (Wildman–Crippen MR) is 73.9 cm³/mol. The Hall–Kier alpha value is -1.35. The first-order valence-corrected chi connectivity index (χ1v) is 6.72. The molecule has 1 atom stereocenters. The van der Waals surface area contributed by atoms with Crippen LogP contribution in [0.5, 0.6) is 0 Å². The van der Waals surface area contributed by atoms with Gasteiger partial charge in [0, 0.05) is 13.0 Å². The minimum Gasteiger partial charge on any atom is -0.301 e. The molecule has 0 aliphatic rings. The molecule has 0 spiro atoms. The molecule has 18 heavy (non-hydrogen) atoms. The van der Waals surface area contributed by atoms with E-state index in [4.69, 9.17) is 11.6 Å². The minimum absolute atomic E-state index is 0.398. The van der Waals surface area contributed by atoms with E-state index in [1.165, 1.54) is 5.56 Å². The average molecular weight is 264 g/mol. The minimum atomic E-state index is 0.398.